The van der Waals surface area contributed by atoms with Gasteiger partial charge in [0.15, 0.2) is 18.9 Å². The number of carbonyl (C=O) groups is 1. The van der Waals surface area contributed by atoms with Crippen LogP contribution in [0.15, 0.2) is 128 Å². The van der Waals surface area contributed by atoms with Crippen molar-refractivity contribution in [3.8, 4) is 0 Å². The Morgan fingerprint density at radius 1 is 0.395 bits per heavy atom. The lowest BCUT2D eigenvalue weighted by Crippen LogP contribution is -2.75. The molecule has 410 valence electrons. The molecule has 0 saturated carbocycles. The number of pyridine rings is 1. The van der Waals surface area contributed by atoms with Crippen molar-refractivity contribution < 1.29 is 119 Å². The van der Waals surface area contributed by atoms with Crippen molar-refractivity contribution in [2.24, 2.45) is 0 Å². The van der Waals surface area contributed by atoms with Gasteiger partial charge in [0.1, 0.15) is 6.15 Å². The summed E-state index contributed by atoms with van der Waals surface area (Å²) in [7, 11) is 0. The summed E-state index contributed by atoms with van der Waals surface area (Å²) in [5.41, 5.74) is -28.4. The third-order valence-electron chi connectivity index (χ3n) is 11.1. The van der Waals surface area contributed by atoms with E-state index in [0.717, 1.165) is 6.54 Å². The van der Waals surface area contributed by atoms with Crippen LogP contribution in [0.1, 0.15) is 74.3 Å². The molecule has 0 aliphatic heterocycles. The molecule has 0 radical (unpaired) electrons. The fraction of sp³-hybridized carbons (Fsp3) is 0.250. The fourth-order valence-corrected chi connectivity index (χ4v) is 7.85. The fourth-order valence-electron chi connectivity index (χ4n) is 7.85. The molecule has 1 aromatic heterocycles. The predicted octanol–water partition coefficient (Wildman–Crippen LogP) is 13.8. The molecule has 0 atom stereocenters. The van der Waals surface area contributed by atoms with Gasteiger partial charge in [-0.05, 0) is 38.1 Å². The molecule has 0 saturated heterocycles. The summed E-state index contributed by atoms with van der Waals surface area (Å²) in [6.45, 7) is 4.48. The Morgan fingerprint density at radius 2 is 0.632 bits per heavy atom. The molecule has 0 bridgehead atoms. The minimum Gasteiger partial charge on any atom is -0.459 e. The lowest BCUT2D eigenvalue weighted by atomic mass is 9.12. The second kappa shape index (κ2) is 20.9. The minimum atomic E-state index is -6.13. The first-order valence-electron chi connectivity index (χ1n) is 21.0. The molecule has 3 nitrogen and oxygen atoms in total. The smallest absolute Gasteiger partial charge is 0.416 e. The highest BCUT2D eigenvalue weighted by atomic mass is 19.4. The van der Waals surface area contributed by atoms with Gasteiger partial charge in [-0.15, -0.1) is 0 Å². The molecule has 6 rings (SSSR count). The molecular formula is C48H30BF24NO2. The number of ether oxygens (including phenoxy) is 1. The number of benzene rings is 5. The van der Waals surface area contributed by atoms with E-state index in [1.165, 1.54) is 5.56 Å². The van der Waals surface area contributed by atoms with Crippen molar-refractivity contribution in [3.05, 3.63) is 183 Å². The number of rotatable bonds is 8. The van der Waals surface area contributed by atoms with Gasteiger partial charge in [0, 0.05) is 17.7 Å². The van der Waals surface area contributed by atoms with Crippen molar-refractivity contribution in [1.29, 1.82) is 0 Å². The highest BCUT2D eigenvalue weighted by Gasteiger charge is 2.47. The molecule has 1 heterocycles. The molecule has 0 fully saturated rings. The summed E-state index contributed by atoms with van der Waals surface area (Å²) in [4.78, 5) is 11.7. The summed E-state index contributed by atoms with van der Waals surface area (Å²) in [5, 5.41) is 0. The maximum absolute atomic E-state index is 14.2. The highest BCUT2D eigenvalue weighted by Crippen LogP contribution is 2.41. The third kappa shape index (κ3) is 14.3. The van der Waals surface area contributed by atoms with Crippen LogP contribution in [0.25, 0.3) is 0 Å². The van der Waals surface area contributed by atoms with E-state index in [4.69, 9.17) is 4.74 Å². The van der Waals surface area contributed by atoms with Gasteiger partial charge < -0.3 is 4.74 Å². The Hall–Kier alpha value is -6.90. The Bertz CT molecular complexity index is 2580. The second-order valence-electron chi connectivity index (χ2n) is 16.9. The van der Waals surface area contributed by atoms with Crippen molar-refractivity contribution in [1.82, 2.24) is 0 Å². The van der Waals surface area contributed by atoms with E-state index in [9.17, 15) is 110 Å². The lowest BCUT2D eigenvalue weighted by Gasteiger charge is -2.46. The number of alkyl halides is 24. The zero-order valence-electron chi connectivity index (χ0n) is 37.8. The molecule has 5 aromatic carbocycles. The SMILES string of the molecule is CC(C)OC(=O)c1cc[n+](Cc2ccccc2)cc1.FC(F)(F)c1cc([B-](c2cc(C(F)(F)F)cc(C(F)(F)F)c2)(c2cc(C(F)(F)F)cc(C(F)(F)F)c2)c2cc(C(F)(F)F)cc(C(F)(F)F)c2)cc(C(F)(F)F)c1. The predicted molar refractivity (Wildman–Crippen MR) is 223 cm³/mol. The van der Waals surface area contributed by atoms with Crippen molar-refractivity contribution >= 4 is 34.0 Å². The average molecular weight is 1120 g/mol. The molecule has 76 heavy (non-hydrogen) atoms. The van der Waals surface area contributed by atoms with Crippen LogP contribution in [0, 0.1) is 0 Å². The van der Waals surface area contributed by atoms with E-state index >= 15 is 0 Å². The van der Waals surface area contributed by atoms with Crippen molar-refractivity contribution in [2.75, 3.05) is 0 Å². The highest BCUT2D eigenvalue weighted by molar-refractivity contribution is 7.20. The summed E-state index contributed by atoms with van der Waals surface area (Å²) >= 11 is 0. The zero-order valence-corrected chi connectivity index (χ0v) is 37.8. The van der Waals surface area contributed by atoms with Crippen LogP contribution in [0.2, 0.25) is 0 Å². The Balaban J connectivity index is 0.000000468. The first-order valence-corrected chi connectivity index (χ1v) is 21.0. The monoisotopic (exact) mass is 1120 g/mol. The molecule has 0 unspecified atom stereocenters. The first-order chi connectivity index (χ1) is 34.4. The van der Waals surface area contributed by atoms with Crippen LogP contribution in [-0.2, 0) is 60.7 Å². The maximum Gasteiger partial charge on any atom is 0.416 e. The van der Waals surface area contributed by atoms with Gasteiger partial charge in [0.25, 0.3) is 0 Å². The Morgan fingerprint density at radius 3 is 0.842 bits per heavy atom. The van der Waals surface area contributed by atoms with Crippen LogP contribution in [-0.4, -0.2) is 18.2 Å². The van der Waals surface area contributed by atoms with E-state index in [0.29, 0.717) is 5.56 Å². The Kier molecular flexibility index (Phi) is 16.5. The summed E-state index contributed by atoms with van der Waals surface area (Å²) in [6.07, 6.45) is -51.1. The molecule has 6 aromatic rings. The maximum atomic E-state index is 14.2. The molecular weight excluding hydrogens is 1090 g/mol. The average Bonchev–Trinajstić information content (AvgIpc) is 3.27. The van der Waals surface area contributed by atoms with Gasteiger partial charge >= 0.3 is 55.4 Å². The first kappa shape index (κ1) is 60.0. The van der Waals surface area contributed by atoms with E-state index in [1.807, 2.05) is 49.0 Å². The minimum absolute atomic E-state index is 0.0934. The van der Waals surface area contributed by atoms with Gasteiger partial charge in [-0.3, -0.25) is 0 Å². The zero-order chi connectivity index (χ0) is 57.6. The van der Waals surface area contributed by atoms with Crippen LogP contribution in [0.3, 0.4) is 0 Å². The Labute approximate surface area is 412 Å². The van der Waals surface area contributed by atoms with Crippen LogP contribution in [0.4, 0.5) is 105 Å². The largest absolute Gasteiger partial charge is 0.459 e. The summed E-state index contributed by atoms with van der Waals surface area (Å²) in [5.74, 6) is -0.276. The molecule has 0 N–H and O–H groups in total. The molecule has 0 spiro atoms. The molecule has 0 amide bonds. The van der Waals surface area contributed by atoms with Gasteiger partial charge in [-0.25, -0.2) is 9.36 Å². The third-order valence-corrected chi connectivity index (χ3v) is 11.1. The quantitative estimate of drug-likeness (QED) is 0.0658. The number of aromatic nitrogens is 1. The van der Waals surface area contributed by atoms with Crippen LogP contribution in [0.5, 0.6) is 0 Å². The van der Waals surface area contributed by atoms with E-state index in [2.05, 4.69) is 12.1 Å². The van der Waals surface area contributed by atoms with E-state index < -0.39 is 195 Å². The van der Waals surface area contributed by atoms with Gasteiger partial charge in [0.05, 0.1) is 56.2 Å². The molecule has 28 heteroatoms. The number of esters is 1. The number of nitrogens with zero attached hydrogens (tertiary/aromatic N) is 1. The number of carbonyl (C=O) groups excluding carboxylic acids is 1. The van der Waals surface area contributed by atoms with Crippen LogP contribution >= 0.6 is 0 Å². The van der Waals surface area contributed by atoms with Crippen molar-refractivity contribution in [2.45, 2.75) is 75.9 Å². The van der Waals surface area contributed by atoms with Crippen molar-refractivity contribution in [3.63, 3.8) is 0 Å². The lowest BCUT2D eigenvalue weighted by molar-refractivity contribution is -0.688. The summed E-state index contributed by atoms with van der Waals surface area (Å²) in [6, 6.07) is 4.95. The van der Waals surface area contributed by atoms with Crippen LogP contribution < -0.4 is 26.4 Å². The van der Waals surface area contributed by atoms with Gasteiger partial charge in [-0.2, -0.15) is 127 Å². The molecule has 0 aliphatic rings. The standard InChI is InChI=1S/C32H12BF24.C16H18NO2/c34-25(35,36)13-1-14(26(37,38)39)6-21(5-13)33(22-7-15(27(40,41)42)2-16(8-22)28(43,44)45,23-9-17(29(46,47)48)3-18(10-23)30(49,50)51)24-11-19(31(52,53)54)4-20(12-24)32(55,56)57;1-13(2)19-16(18)15-8-10-17(11-9-15)12-14-6-4-3-5-7-14/h1-12H;3-11,13H,12H2,1-2H3/q-1;+1. The van der Waals surface area contributed by atoms with Gasteiger partial charge in [-0.1, -0.05) is 78.9 Å². The second-order valence-corrected chi connectivity index (χ2v) is 16.9. The normalized spacial score (nSPS) is 13.4. The van der Waals surface area contributed by atoms with E-state index in [1.54, 1.807) is 12.1 Å². The van der Waals surface area contributed by atoms with E-state index in [-0.39, 0.29) is 12.1 Å². The number of halogens is 24. The summed E-state index contributed by atoms with van der Waals surface area (Å²) < 4.78 is 348. The van der Waals surface area contributed by atoms with Gasteiger partial charge in [0.2, 0.25) is 0 Å². The molecule has 0 aliphatic carbocycles. The number of hydrogen-bond donors (Lipinski definition) is 0. The topological polar surface area (TPSA) is 30.2 Å². The number of hydrogen-bond acceptors (Lipinski definition) is 2.